The molecule has 3 rings (SSSR count). The van der Waals surface area contributed by atoms with Crippen LogP contribution >= 0.6 is 0 Å². The zero-order valence-electron chi connectivity index (χ0n) is 14.8. The van der Waals surface area contributed by atoms with Crippen molar-refractivity contribution in [3.63, 3.8) is 0 Å². The summed E-state index contributed by atoms with van der Waals surface area (Å²) in [6.45, 7) is 5.03. The van der Waals surface area contributed by atoms with E-state index in [1.165, 1.54) is 12.8 Å². The van der Waals surface area contributed by atoms with Crippen molar-refractivity contribution in [2.24, 2.45) is 5.92 Å². The minimum Gasteiger partial charge on any atom is -0.340 e. The number of amides is 2. The number of hydrogen-bond donors (Lipinski definition) is 0. The molecule has 0 spiro atoms. The number of nitrogens with zero attached hydrogens (tertiary/aromatic N) is 4. The zero-order chi connectivity index (χ0) is 17.3. The fourth-order valence-corrected chi connectivity index (χ4v) is 3.99. The highest BCUT2D eigenvalue weighted by Gasteiger charge is 2.36. The summed E-state index contributed by atoms with van der Waals surface area (Å²) in [5, 5.41) is 0. The maximum Gasteiger partial charge on any atom is 0.272 e. The third-order valence-electron chi connectivity index (χ3n) is 5.07. The maximum atomic E-state index is 12.6. The van der Waals surface area contributed by atoms with Crippen LogP contribution in [0.3, 0.4) is 0 Å². The molecule has 1 saturated carbocycles. The predicted molar refractivity (Wildman–Crippen MR) is 90.5 cm³/mol. The highest BCUT2D eigenvalue weighted by atomic mass is 16.2. The summed E-state index contributed by atoms with van der Waals surface area (Å²) in [6.07, 6.45) is 5.27. The van der Waals surface area contributed by atoms with Gasteiger partial charge in [0.25, 0.3) is 5.91 Å². The summed E-state index contributed by atoms with van der Waals surface area (Å²) in [7, 11) is 1.79. The van der Waals surface area contributed by atoms with Gasteiger partial charge in [-0.25, -0.2) is 9.97 Å². The molecule has 1 saturated heterocycles. The molecule has 130 valence electrons. The fourth-order valence-electron chi connectivity index (χ4n) is 3.99. The highest BCUT2D eigenvalue weighted by Crippen LogP contribution is 2.29. The average Bonchev–Trinajstić information content (AvgIpc) is 3.14. The second-order valence-electron chi connectivity index (χ2n) is 7.18. The van der Waals surface area contributed by atoms with E-state index in [4.69, 9.17) is 0 Å². The number of carbonyl (C=O) groups is 2. The van der Waals surface area contributed by atoms with E-state index in [2.05, 4.69) is 14.9 Å². The van der Waals surface area contributed by atoms with E-state index >= 15 is 0 Å². The third kappa shape index (κ3) is 3.57. The van der Waals surface area contributed by atoms with Crippen LogP contribution in [0, 0.1) is 19.8 Å². The topological polar surface area (TPSA) is 66.4 Å². The van der Waals surface area contributed by atoms with Crippen LogP contribution in [-0.4, -0.2) is 57.8 Å². The Labute approximate surface area is 143 Å². The first-order chi connectivity index (χ1) is 11.4. The Bertz CT molecular complexity index is 620. The molecule has 2 fully saturated rings. The molecule has 0 aromatic carbocycles. The number of carbonyl (C=O) groups excluding carboxylic acids is 2. The first-order valence-electron chi connectivity index (χ1n) is 8.81. The van der Waals surface area contributed by atoms with E-state index in [-0.39, 0.29) is 17.7 Å². The summed E-state index contributed by atoms with van der Waals surface area (Å²) < 4.78 is 0. The van der Waals surface area contributed by atoms with Gasteiger partial charge in [-0.15, -0.1) is 0 Å². The SMILES string of the molecule is Cc1cc(C(=O)N(C)CC2CC(=O)N(C3CCCC3)C2)nc(C)n1. The minimum absolute atomic E-state index is 0.102. The molecule has 2 heterocycles. The molecule has 0 N–H and O–H groups in total. The number of aromatic nitrogens is 2. The molecule has 1 unspecified atom stereocenters. The van der Waals surface area contributed by atoms with Crippen LogP contribution in [0.4, 0.5) is 0 Å². The number of aryl methyl sites for hydroxylation is 2. The number of hydrogen-bond acceptors (Lipinski definition) is 4. The van der Waals surface area contributed by atoms with Gasteiger partial charge < -0.3 is 9.80 Å². The van der Waals surface area contributed by atoms with Gasteiger partial charge >= 0.3 is 0 Å². The predicted octanol–water partition coefficient (Wildman–Crippen LogP) is 1.96. The van der Waals surface area contributed by atoms with Crippen molar-refractivity contribution < 1.29 is 9.59 Å². The molecule has 24 heavy (non-hydrogen) atoms. The molecule has 2 aliphatic rings. The van der Waals surface area contributed by atoms with Crippen molar-refractivity contribution in [1.82, 2.24) is 19.8 Å². The van der Waals surface area contributed by atoms with Crippen molar-refractivity contribution in [2.75, 3.05) is 20.1 Å². The van der Waals surface area contributed by atoms with Crippen LogP contribution in [0.5, 0.6) is 0 Å². The standard InChI is InChI=1S/C18H26N4O2/c1-12-8-16(20-13(2)19-12)18(24)21(3)10-14-9-17(23)22(11-14)15-6-4-5-7-15/h8,14-15H,4-7,9-11H2,1-3H3. The number of rotatable bonds is 4. The smallest absolute Gasteiger partial charge is 0.272 e. The van der Waals surface area contributed by atoms with Crippen molar-refractivity contribution >= 4 is 11.8 Å². The van der Waals surface area contributed by atoms with Gasteiger partial charge in [0.2, 0.25) is 5.91 Å². The summed E-state index contributed by atoms with van der Waals surface area (Å²) >= 11 is 0. The lowest BCUT2D eigenvalue weighted by atomic mass is 10.1. The second-order valence-corrected chi connectivity index (χ2v) is 7.18. The maximum absolute atomic E-state index is 12.6. The molecular weight excluding hydrogens is 304 g/mol. The summed E-state index contributed by atoms with van der Waals surface area (Å²) in [6, 6.07) is 2.15. The first kappa shape index (κ1) is 16.9. The summed E-state index contributed by atoms with van der Waals surface area (Å²) in [4.78, 5) is 37.1. The molecule has 1 aliphatic heterocycles. The van der Waals surface area contributed by atoms with Gasteiger partial charge in [0.1, 0.15) is 11.5 Å². The normalized spacial score (nSPS) is 21.5. The largest absolute Gasteiger partial charge is 0.340 e. The van der Waals surface area contributed by atoms with Gasteiger partial charge in [-0.1, -0.05) is 12.8 Å². The van der Waals surface area contributed by atoms with Gasteiger partial charge in [-0.3, -0.25) is 9.59 Å². The Balaban J connectivity index is 1.61. The molecule has 1 aromatic heterocycles. The van der Waals surface area contributed by atoms with Gasteiger partial charge in [-0.2, -0.15) is 0 Å². The Morgan fingerprint density at radius 3 is 2.67 bits per heavy atom. The van der Waals surface area contributed by atoms with Crippen LogP contribution in [0.25, 0.3) is 0 Å². The lowest BCUT2D eigenvalue weighted by Crippen LogP contribution is -2.36. The van der Waals surface area contributed by atoms with Crippen LogP contribution in [0.1, 0.15) is 54.1 Å². The highest BCUT2D eigenvalue weighted by molar-refractivity contribution is 5.92. The Morgan fingerprint density at radius 1 is 1.29 bits per heavy atom. The van der Waals surface area contributed by atoms with Crippen LogP contribution in [0.2, 0.25) is 0 Å². The van der Waals surface area contributed by atoms with Crippen LogP contribution in [-0.2, 0) is 4.79 Å². The van der Waals surface area contributed by atoms with Crippen LogP contribution < -0.4 is 0 Å². The Morgan fingerprint density at radius 2 is 2.00 bits per heavy atom. The molecule has 1 aromatic rings. The van der Waals surface area contributed by atoms with Crippen molar-refractivity contribution in [2.45, 2.75) is 52.0 Å². The van der Waals surface area contributed by atoms with E-state index in [1.807, 2.05) is 6.92 Å². The first-order valence-corrected chi connectivity index (χ1v) is 8.81. The lowest BCUT2D eigenvalue weighted by Gasteiger charge is -2.25. The monoisotopic (exact) mass is 330 g/mol. The number of likely N-dealkylation sites (tertiary alicyclic amines) is 1. The molecule has 6 nitrogen and oxygen atoms in total. The Hall–Kier alpha value is -1.98. The van der Waals surface area contributed by atoms with E-state index in [9.17, 15) is 9.59 Å². The minimum atomic E-state index is -0.102. The van der Waals surface area contributed by atoms with E-state index in [0.717, 1.165) is 25.1 Å². The molecule has 6 heteroatoms. The third-order valence-corrected chi connectivity index (χ3v) is 5.07. The Kier molecular flexibility index (Phi) is 4.83. The molecule has 0 bridgehead atoms. The summed E-state index contributed by atoms with van der Waals surface area (Å²) in [5.74, 6) is 0.975. The molecular formula is C18H26N4O2. The molecule has 1 atom stereocenters. The van der Waals surface area contributed by atoms with Gasteiger partial charge in [0.05, 0.1) is 0 Å². The lowest BCUT2D eigenvalue weighted by molar-refractivity contribution is -0.129. The van der Waals surface area contributed by atoms with Gasteiger partial charge in [0, 0.05) is 44.2 Å². The zero-order valence-corrected chi connectivity index (χ0v) is 14.8. The van der Waals surface area contributed by atoms with Crippen LogP contribution in [0.15, 0.2) is 6.07 Å². The van der Waals surface area contributed by atoms with Crippen molar-refractivity contribution in [3.8, 4) is 0 Å². The molecule has 1 aliphatic carbocycles. The van der Waals surface area contributed by atoms with Gasteiger partial charge in [0.15, 0.2) is 0 Å². The molecule has 0 radical (unpaired) electrons. The fraction of sp³-hybridized carbons (Fsp3) is 0.667. The van der Waals surface area contributed by atoms with E-state index < -0.39 is 0 Å². The summed E-state index contributed by atoms with van der Waals surface area (Å²) in [5.41, 5.74) is 1.22. The quantitative estimate of drug-likeness (QED) is 0.846. The van der Waals surface area contributed by atoms with E-state index in [0.29, 0.717) is 30.5 Å². The van der Waals surface area contributed by atoms with E-state index in [1.54, 1.807) is 24.9 Å². The second kappa shape index (κ2) is 6.87. The van der Waals surface area contributed by atoms with Crippen molar-refractivity contribution in [1.29, 1.82) is 0 Å². The van der Waals surface area contributed by atoms with Crippen molar-refractivity contribution in [3.05, 3.63) is 23.3 Å². The molecule has 2 amide bonds. The van der Waals surface area contributed by atoms with Gasteiger partial charge in [-0.05, 0) is 32.8 Å². The average molecular weight is 330 g/mol.